The van der Waals surface area contributed by atoms with E-state index in [2.05, 4.69) is 21.2 Å². The molecule has 0 radical (unpaired) electrons. The number of hydrogen-bond acceptors (Lipinski definition) is 1. The van der Waals surface area contributed by atoms with Crippen LogP contribution in [0.3, 0.4) is 0 Å². The summed E-state index contributed by atoms with van der Waals surface area (Å²) in [7, 11) is 0. The number of rotatable bonds is 5. The zero-order valence-electron chi connectivity index (χ0n) is 10.1. The van der Waals surface area contributed by atoms with Crippen LogP contribution < -0.4 is 5.32 Å². The molecule has 1 rings (SSSR count). The predicted octanol–water partition coefficient (Wildman–Crippen LogP) is 3.51. The molecule has 1 unspecified atom stereocenters. The van der Waals surface area contributed by atoms with Gasteiger partial charge in [0.1, 0.15) is 5.82 Å². The third kappa shape index (κ3) is 4.11. The van der Waals surface area contributed by atoms with E-state index in [9.17, 15) is 9.18 Å². The fraction of sp³-hybridized carbons (Fsp3) is 0.462. The van der Waals surface area contributed by atoms with Crippen LogP contribution in [0.5, 0.6) is 0 Å². The number of hydrogen-bond donors (Lipinski definition) is 1. The van der Waals surface area contributed by atoms with Crippen molar-refractivity contribution in [2.24, 2.45) is 0 Å². The Kier molecular flexibility index (Phi) is 5.12. The molecule has 0 bridgehead atoms. The number of amides is 1. The molecule has 4 heteroatoms. The van der Waals surface area contributed by atoms with Gasteiger partial charge in [-0.3, -0.25) is 4.79 Å². The summed E-state index contributed by atoms with van der Waals surface area (Å²) < 4.78 is 13.0. The third-order valence-electron chi connectivity index (χ3n) is 2.93. The molecule has 0 aromatic heterocycles. The molecule has 0 spiro atoms. The second-order valence-corrected chi connectivity index (χ2v) is 5.11. The first-order chi connectivity index (χ1) is 8.00. The van der Waals surface area contributed by atoms with E-state index in [4.69, 9.17) is 0 Å². The molecule has 2 nitrogen and oxygen atoms in total. The quantitative estimate of drug-likeness (QED) is 0.829. The maximum atomic E-state index is 13.0. The van der Waals surface area contributed by atoms with Crippen molar-refractivity contribution >= 4 is 21.8 Å². The average Bonchev–Trinajstić information content (AvgIpc) is 2.29. The Balaban J connectivity index is 2.77. The lowest BCUT2D eigenvalue weighted by molar-refractivity contribution is 0.0901. The van der Waals surface area contributed by atoms with Crippen LogP contribution in [-0.2, 0) is 0 Å². The van der Waals surface area contributed by atoms with Crippen molar-refractivity contribution in [3.63, 3.8) is 0 Å². The van der Waals surface area contributed by atoms with Crippen LogP contribution >= 0.6 is 15.9 Å². The largest absolute Gasteiger partial charge is 0.347 e. The molecule has 0 saturated heterocycles. The van der Waals surface area contributed by atoms with Crippen molar-refractivity contribution in [3.8, 4) is 0 Å². The van der Waals surface area contributed by atoms with Gasteiger partial charge >= 0.3 is 0 Å². The van der Waals surface area contributed by atoms with Crippen molar-refractivity contribution in [1.29, 1.82) is 0 Å². The number of benzene rings is 1. The van der Waals surface area contributed by atoms with Gasteiger partial charge in [-0.15, -0.1) is 0 Å². The first kappa shape index (κ1) is 14.2. The number of carbonyl (C=O) groups is 1. The SMILES string of the molecule is CCC(C)(CCBr)NC(=O)c1cccc(F)c1. The summed E-state index contributed by atoms with van der Waals surface area (Å²) in [6, 6.07) is 5.73. The zero-order valence-corrected chi connectivity index (χ0v) is 11.7. The maximum Gasteiger partial charge on any atom is 0.251 e. The first-order valence-electron chi connectivity index (χ1n) is 5.65. The molecule has 17 heavy (non-hydrogen) atoms. The Hall–Kier alpha value is -0.900. The summed E-state index contributed by atoms with van der Waals surface area (Å²) in [4.78, 5) is 12.0. The van der Waals surface area contributed by atoms with E-state index in [1.165, 1.54) is 18.2 Å². The highest BCUT2D eigenvalue weighted by molar-refractivity contribution is 9.09. The molecule has 94 valence electrons. The summed E-state index contributed by atoms with van der Waals surface area (Å²) >= 11 is 3.37. The normalized spacial score (nSPS) is 14.1. The third-order valence-corrected chi connectivity index (χ3v) is 3.33. The molecule has 0 aliphatic carbocycles. The standard InChI is InChI=1S/C13H17BrFNO/c1-3-13(2,7-8-14)16-12(17)10-5-4-6-11(15)9-10/h4-6,9H,3,7-8H2,1-2H3,(H,16,17). The highest BCUT2D eigenvalue weighted by Gasteiger charge is 2.24. The highest BCUT2D eigenvalue weighted by Crippen LogP contribution is 2.17. The summed E-state index contributed by atoms with van der Waals surface area (Å²) in [6.07, 6.45) is 1.67. The molecular weight excluding hydrogens is 285 g/mol. The van der Waals surface area contributed by atoms with Crippen LogP contribution in [0, 0.1) is 5.82 Å². The molecule has 1 atom stereocenters. The number of carbonyl (C=O) groups excluding carboxylic acids is 1. The van der Waals surface area contributed by atoms with Crippen LogP contribution in [0.2, 0.25) is 0 Å². The van der Waals surface area contributed by atoms with Crippen molar-refractivity contribution < 1.29 is 9.18 Å². The molecule has 0 fully saturated rings. The Bertz CT molecular complexity index is 397. The Morgan fingerprint density at radius 1 is 1.53 bits per heavy atom. The van der Waals surface area contributed by atoms with Crippen LogP contribution in [0.15, 0.2) is 24.3 Å². The van der Waals surface area contributed by atoms with Gasteiger partial charge in [0.05, 0.1) is 0 Å². The Morgan fingerprint density at radius 2 is 2.24 bits per heavy atom. The molecule has 0 heterocycles. The molecule has 1 N–H and O–H groups in total. The van der Waals surface area contributed by atoms with Gasteiger partial charge in [-0.05, 0) is 38.0 Å². The lowest BCUT2D eigenvalue weighted by Gasteiger charge is -2.29. The van der Waals surface area contributed by atoms with Crippen LogP contribution in [0.25, 0.3) is 0 Å². The van der Waals surface area contributed by atoms with Crippen LogP contribution in [-0.4, -0.2) is 16.8 Å². The Labute approximate surface area is 110 Å². The van der Waals surface area contributed by atoms with Gasteiger partial charge in [0, 0.05) is 16.4 Å². The number of nitrogens with one attached hydrogen (secondary N) is 1. The van der Waals surface area contributed by atoms with Gasteiger partial charge in [-0.2, -0.15) is 0 Å². The van der Waals surface area contributed by atoms with E-state index >= 15 is 0 Å². The molecular formula is C13H17BrFNO. The fourth-order valence-electron chi connectivity index (χ4n) is 1.51. The summed E-state index contributed by atoms with van der Waals surface area (Å²) in [5, 5.41) is 3.77. The molecule has 1 aromatic carbocycles. The van der Waals surface area contributed by atoms with Gasteiger partial charge in [-0.1, -0.05) is 28.9 Å². The van der Waals surface area contributed by atoms with E-state index in [1.54, 1.807) is 6.07 Å². The van der Waals surface area contributed by atoms with Crippen LogP contribution in [0.1, 0.15) is 37.0 Å². The topological polar surface area (TPSA) is 29.1 Å². The van der Waals surface area contributed by atoms with Gasteiger partial charge in [0.2, 0.25) is 0 Å². The molecule has 1 aromatic rings. The summed E-state index contributed by atoms with van der Waals surface area (Å²) in [5.74, 6) is -0.619. The van der Waals surface area contributed by atoms with Gasteiger partial charge < -0.3 is 5.32 Å². The van der Waals surface area contributed by atoms with Crippen molar-refractivity contribution in [2.75, 3.05) is 5.33 Å². The second kappa shape index (κ2) is 6.15. The maximum absolute atomic E-state index is 13.0. The minimum atomic E-state index is -0.392. The van der Waals surface area contributed by atoms with E-state index < -0.39 is 5.82 Å². The molecule has 0 aliphatic rings. The van der Waals surface area contributed by atoms with Gasteiger partial charge in [0.15, 0.2) is 0 Å². The van der Waals surface area contributed by atoms with Crippen molar-refractivity contribution in [3.05, 3.63) is 35.6 Å². The lowest BCUT2D eigenvalue weighted by Crippen LogP contribution is -2.45. The van der Waals surface area contributed by atoms with Gasteiger partial charge in [0.25, 0.3) is 5.91 Å². The van der Waals surface area contributed by atoms with E-state index in [0.29, 0.717) is 5.56 Å². The number of alkyl halides is 1. The van der Waals surface area contributed by atoms with E-state index in [0.717, 1.165) is 18.2 Å². The predicted molar refractivity (Wildman–Crippen MR) is 71.0 cm³/mol. The monoisotopic (exact) mass is 301 g/mol. The zero-order chi connectivity index (χ0) is 12.9. The van der Waals surface area contributed by atoms with Gasteiger partial charge in [-0.25, -0.2) is 4.39 Å². The number of halogens is 2. The van der Waals surface area contributed by atoms with Crippen LogP contribution in [0.4, 0.5) is 4.39 Å². The summed E-state index contributed by atoms with van der Waals surface area (Å²) in [5.41, 5.74) is 0.103. The smallest absolute Gasteiger partial charge is 0.251 e. The summed E-state index contributed by atoms with van der Waals surface area (Å²) in [6.45, 7) is 4.01. The van der Waals surface area contributed by atoms with Crippen molar-refractivity contribution in [1.82, 2.24) is 5.32 Å². The minimum Gasteiger partial charge on any atom is -0.347 e. The molecule has 0 saturated carbocycles. The first-order valence-corrected chi connectivity index (χ1v) is 6.77. The second-order valence-electron chi connectivity index (χ2n) is 4.32. The molecule has 0 aliphatic heterocycles. The fourth-order valence-corrected chi connectivity index (χ4v) is 2.39. The van der Waals surface area contributed by atoms with Crippen molar-refractivity contribution in [2.45, 2.75) is 32.2 Å². The lowest BCUT2D eigenvalue weighted by atomic mass is 9.95. The average molecular weight is 302 g/mol. The van der Waals surface area contributed by atoms with E-state index in [-0.39, 0.29) is 11.4 Å². The van der Waals surface area contributed by atoms with E-state index in [1.807, 2.05) is 13.8 Å². The Morgan fingerprint density at radius 3 is 2.76 bits per heavy atom. The minimum absolute atomic E-state index is 0.227. The molecule has 1 amide bonds. The highest BCUT2D eigenvalue weighted by atomic mass is 79.9.